The second kappa shape index (κ2) is 8.11. The van der Waals surface area contributed by atoms with E-state index in [2.05, 4.69) is 31.3 Å². The van der Waals surface area contributed by atoms with Gasteiger partial charge in [0.2, 0.25) is 0 Å². The molecule has 0 radical (unpaired) electrons. The first-order valence-corrected chi connectivity index (χ1v) is 6.68. The average Bonchev–Trinajstić information content (AvgIpc) is 2.39. The van der Waals surface area contributed by atoms with Gasteiger partial charge >= 0.3 is 0 Å². The Morgan fingerprint density at radius 2 is 2.06 bits per heavy atom. The summed E-state index contributed by atoms with van der Waals surface area (Å²) in [5.41, 5.74) is 2.42. The van der Waals surface area contributed by atoms with E-state index in [4.69, 9.17) is 9.47 Å². The zero-order valence-corrected chi connectivity index (χ0v) is 12.0. The number of benzene rings is 1. The van der Waals surface area contributed by atoms with Gasteiger partial charge in [-0.3, -0.25) is 0 Å². The van der Waals surface area contributed by atoms with Gasteiger partial charge in [0.05, 0.1) is 19.8 Å². The summed E-state index contributed by atoms with van der Waals surface area (Å²) in [5.74, 6) is 0.935. The molecule has 3 heteroatoms. The Morgan fingerprint density at radius 1 is 1.28 bits per heavy atom. The molecule has 0 amide bonds. The Balaban J connectivity index is 2.79. The molecule has 0 bridgehead atoms. The third kappa shape index (κ3) is 4.31. The van der Waals surface area contributed by atoms with Crippen molar-refractivity contribution in [3.63, 3.8) is 0 Å². The molecule has 1 aromatic rings. The van der Waals surface area contributed by atoms with Gasteiger partial charge in [-0.1, -0.05) is 19.1 Å². The van der Waals surface area contributed by atoms with E-state index in [0.29, 0.717) is 6.61 Å². The van der Waals surface area contributed by atoms with Gasteiger partial charge in [-0.25, -0.2) is 0 Å². The molecule has 1 atom stereocenters. The minimum atomic E-state index is 0.259. The summed E-state index contributed by atoms with van der Waals surface area (Å²) < 4.78 is 10.8. The highest BCUT2D eigenvalue weighted by Crippen LogP contribution is 2.22. The molecule has 0 spiro atoms. The van der Waals surface area contributed by atoms with Crippen LogP contribution in [0.25, 0.3) is 0 Å². The zero-order chi connectivity index (χ0) is 13.4. The van der Waals surface area contributed by atoms with Gasteiger partial charge in [0.1, 0.15) is 5.75 Å². The lowest BCUT2D eigenvalue weighted by atomic mass is 10.0. The fraction of sp³-hybridized carbons (Fsp3) is 0.600. The van der Waals surface area contributed by atoms with Crippen LogP contribution in [0.2, 0.25) is 0 Å². The largest absolute Gasteiger partial charge is 0.496 e. The smallest absolute Gasteiger partial charge is 0.121 e. The molecular weight excluding hydrogens is 226 g/mol. The lowest BCUT2D eigenvalue weighted by Gasteiger charge is -2.20. The fourth-order valence-corrected chi connectivity index (χ4v) is 1.95. The number of aryl methyl sites for hydroxylation is 1. The molecule has 18 heavy (non-hydrogen) atoms. The van der Waals surface area contributed by atoms with Crippen LogP contribution in [0.3, 0.4) is 0 Å². The van der Waals surface area contributed by atoms with E-state index < -0.39 is 0 Å². The van der Waals surface area contributed by atoms with E-state index in [9.17, 15) is 0 Å². The van der Waals surface area contributed by atoms with Crippen LogP contribution in [0.15, 0.2) is 18.2 Å². The van der Waals surface area contributed by atoms with E-state index in [1.54, 1.807) is 7.11 Å². The van der Waals surface area contributed by atoms with Crippen LogP contribution in [0.4, 0.5) is 0 Å². The van der Waals surface area contributed by atoms with Crippen molar-refractivity contribution >= 4 is 0 Å². The lowest BCUT2D eigenvalue weighted by molar-refractivity contribution is 0.123. The third-order valence-electron chi connectivity index (χ3n) is 2.95. The summed E-state index contributed by atoms with van der Waals surface area (Å²) in [7, 11) is 1.70. The molecule has 102 valence electrons. The molecule has 1 rings (SSSR count). The van der Waals surface area contributed by atoms with Gasteiger partial charge in [-0.2, -0.15) is 0 Å². The Labute approximate surface area is 110 Å². The van der Waals surface area contributed by atoms with Gasteiger partial charge in [-0.15, -0.1) is 0 Å². The molecule has 0 fully saturated rings. The quantitative estimate of drug-likeness (QED) is 0.770. The monoisotopic (exact) mass is 251 g/mol. The highest BCUT2D eigenvalue weighted by atomic mass is 16.5. The van der Waals surface area contributed by atoms with Crippen molar-refractivity contribution in [3.8, 4) is 5.75 Å². The predicted octanol–water partition coefficient (Wildman–Crippen LogP) is 3.08. The van der Waals surface area contributed by atoms with Crippen molar-refractivity contribution in [3.05, 3.63) is 29.3 Å². The van der Waals surface area contributed by atoms with Crippen LogP contribution in [-0.4, -0.2) is 26.9 Å². The second-order valence-electron chi connectivity index (χ2n) is 4.40. The fourth-order valence-electron chi connectivity index (χ4n) is 1.95. The Kier molecular flexibility index (Phi) is 6.76. The topological polar surface area (TPSA) is 30.5 Å². The molecule has 0 aromatic heterocycles. The number of methoxy groups -OCH3 is 1. The van der Waals surface area contributed by atoms with Crippen LogP contribution >= 0.6 is 0 Å². The predicted molar refractivity (Wildman–Crippen MR) is 75.3 cm³/mol. The summed E-state index contributed by atoms with van der Waals surface area (Å²) in [6.45, 7) is 8.73. The molecule has 0 saturated carbocycles. The van der Waals surface area contributed by atoms with Crippen molar-refractivity contribution in [2.24, 2.45) is 0 Å². The highest BCUT2D eigenvalue weighted by molar-refractivity contribution is 5.37. The first-order valence-electron chi connectivity index (χ1n) is 6.68. The Bertz CT molecular complexity index is 344. The first-order chi connectivity index (χ1) is 8.72. The molecular formula is C15H25NO2. The first kappa shape index (κ1) is 15.0. The van der Waals surface area contributed by atoms with Crippen LogP contribution in [0.5, 0.6) is 5.75 Å². The summed E-state index contributed by atoms with van der Waals surface area (Å²) in [6.07, 6.45) is 1.12. The van der Waals surface area contributed by atoms with E-state index >= 15 is 0 Å². The number of nitrogens with one attached hydrogen (secondary N) is 1. The molecule has 3 nitrogen and oxygen atoms in total. The Morgan fingerprint density at radius 3 is 2.61 bits per heavy atom. The van der Waals surface area contributed by atoms with Crippen LogP contribution < -0.4 is 10.1 Å². The minimum absolute atomic E-state index is 0.259. The van der Waals surface area contributed by atoms with Crippen molar-refractivity contribution in [1.29, 1.82) is 0 Å². The molecule has 1 aromatic carbocycles. The van der Waals surface area contributed by atoms with Gasteiger partial charge in [0, 0.05) is 6.61 Å². The van der Waals surface area contributed by atoms with E-state index in [0.717, 1.165) is 30.9 Å². The van der Waals surface area contributed by atoms with Crippen LogP contribution in [0, 0.1) is 6.92 Å². The van der Waals surface area contributed by atoms with Crippen LogP contribution in [-0.2, 0) is 4.74 Å². The maximum Gasteiger partial charge on any atom is 0.121 e. The normalized spacial score (nSPS) is 12.4. The molecule has 0 saturated heterocycles. The van der Waals surface area contributed by atoms with Crippen molar-refractivity contribution in [2.45, 2.75) is 33.2 Å². The van der Waals surface area contributed by atoms with Gasteiger partial charge in [-0.05, 0) is 44.0 Å². The molecule has 0 aliphatic rings. The maximum absolute atomic E-state index is 5.55. The summed E-state index contributed by atoms with van der Waals surface area (Å²) in [6, 6.07) is 6.56. The SMILES string of the molecule is CCCNC(COCC)c1ccc(OC)c(C)c1. The second-order valence-corrected chi connectivity index (χ2v) is 4.40. The molecule has 0 aliphatic heterocycles. The van der Waals surface area contributed by atoms with Crippen molar-refractivity contribution < 1.29 is 9.47 Å². The van der Waals surface area contributed by atoms with Crippen molar-refractivity contribution in [2.75, 3.05) is 26.9 Å². The number of hydrogen-bond acceptors (Lipinski definition) is 3. The highest BCUT2D eigenvalue weighted by Gasteiger charge is 2.12. The molecule has 1 unspecified atom stereocenters. The number of rotatable bonds is 8. The molecule has 0 aliphatic carbocycles. The van der Waals surface area contributed by atoms with Gasteiger partial charge in [0.25, 0.3) is 0 Å². The number of hydrogen-bond donors (Lipinski definition) is 1. The third-order valence-corrected chi connectivity index (χ3v) is 2.95. The Hall–Kier alpha value is -1.06. The van der Waals surface area contributed by atoms with Crippen LogP contribution in [0.1, 0.15) is 37.4 Å². The molecule has 1 N–H and O–H groups in total. The van der Waals surface area contributed by atoms with E-state index in [-0.39, 0.29) is 6.04 Å². The zero-order valence-electron chi connectivity index (χ0n) is 12.0. The van der Waals surface area contributed by atoms with Gasteiger partial charge in [0.15, 0.2) is 0 Å². The standard InChI is InChI=1S/C15H25NO2/c1-5-9-16-14(11-18-6-2)13-7-8-15(17-4)12(3)10-13/h7-8,10,14,16H,5-6,9,11H2,1-4H3. The average molecular weight is 251 g/mol. The number of ether oxygens (including phenoxy) is 2. The minimum Gasteiger partial charge on any atom is -0.496 e. The maximum atomic E-state index is 5.55. The van der Waals surface area contributed by atoms with E-state index in [1.807, 2.05) is 13.0 Å². The summed E-state index contributed by atoms with van der Waals surface area (Å²) in [5, 5.41) is 3.52. The molecule has 0 heterocycles. The van der Waals surface area contributed by atoms with Gasteiger partial charge < -0.3 is 14.8 Å². The summed E-state index contributed by atoms with van der Waals surface area (Å²) >= 11 is 0. The van der Waals surface area contributed by atoms with E-state index in [1.165, 1.54) is 5.56 Å². The van der Waals surface area contributed by atoms with Crippen molar-refractivity contribution in [1.82, 2.24) is 5.32 Å². The summed E-state index contributed by atoms with van der Waals surface area (Å²) in [4.78, 5) is 0. The lowest BCUT2D eigenvalue weighted by Crippen LogP contribution is -2.26.